The summed E-state index contributed by atoms with van der Waals surface area (Å²) >= 11 is 0. The summed E-state index contributed by atoms with van der Waals surface area (Å²) in [5, 5.41) is 11.1. The van der Waals surface area contributed by atoms with Gasteiger partial charge in [-0.25, -0.2) is 0 Å². The average Bonchev–Trinajstić information content (AvgIpc) is 2.56. The minimum Gasteiger partial charge on any atom is -0.369 e. The lowest BCUT2D eigenvalue weighted by Crippen LogP contribution is -2.54. The van der Waals surface area contributed by atoms with Gasteiger partial charge in [-0.05, 0) is 48.1 Å². The third-order valence-corrected chi connectivity index (χ3v) is 6.12. The van der Waals surface area contributed by atoms with Crippen LogP contribution in [0.3, 0.4) is 0 Å². The lowest BCUT2D eigenvalue weighted by atomic mass is 9.49. The number of non-ortho nitro benzene ring substituents is 1. The molecule has 5 heteroatoms. The summed E-state index contributed by atoms with van der Waals surface area (Å²) in [5.41, 5.74) is 7.35. The van der Waals surface area contributed by atoms with Gasteiger partial charge in [-0.1, -0.05) is 40.2 Å². The van der Waals surface area contributed by atoms with E-state index in [-0.39, 0.29) is 27.9 Å². The van der Waals surface area contributed by atoms with Gasteiger partial charge >= 0.3 is 0 Å². The van der Waals surface area contributed by atoms with Gasteiger partial charge in [0, 0.05) is 17.5 Å². The molecule has 1 aromatic rings. The Morgan fingerprint density at radius 2 is 1.96 bits per heavy atom. The quantitative estimate of drug-likeness (QED) is 0.653. The number of fused-ring (bicyclic) bond motifs is 3. The molecule has 1 saturated carbocycles. The van der Waals surface area contributed by atoms with E-state index < -0.39 is 5.41 Å². The molecule has 0 saturated heterocycles. The molecule has 3 atom stereocenters. The Balaban J connectivity index is 0.00000100. The van der Waals surface area contributed by atoms with Crippen LogP contribution in [-0.4, -0.2) is 10.8 Å². The van der Waals surface area contributed by atoms with Crippen molar-refractivity contribution < 1.29 is 9.72 Å². The summed E-state index contributed by atoms with van der Waals surface area (Å²) in [4.78, 5) is 22.8. The molecule has 1 amide bonds. The highest BCUT2D eigenvalue weighted by Gasteiger charge is 2.54. The molecule has 1 aromatic carbocycles. The van der Waals surface area contributed by atoms with Crippen molar-refractivity contribution in [1.82, 2.24) is 0 Å². The Hall–Kier alpha value is -1.91. The standard InChI is InChI=1S/C17H22N2O3.C2H6/c1-16-8-3-9-17(2,15(18)20)14(16)7-5-11-4-6-12(19(21)22)10-13(11)16;1-2/h4,6,10,14H,3,5,7-9H2,1-2H3,(H2,18,20);1-2H3. The number of nitrogens with zero attached hydrogens (tertiary/aromatic N) is 1. The van der Waals surface area contributed by atoms with Gasteiger partial charge in [0.1, 0.15) is 0 Å². The predicted molar refractivity (Wildman–Crippen MR) is 94.8 cm³/mol. The van der Waals surface area contributed by atoms with Crippen molar-refractivity contribution in [3.8, 4) is 0 Å². The topological polar surface area (TPSA) is 86.2 Å². The zero-order valence-electron chi connectivity index (χ0n) is 15.1. The number of nitrogens with two attached hydrogens (primary N) is 1. The second-order valence-corrected chi connectivity index (χ2v) is 7.24. The zero-order chi connectivity index (χ0) is 18.1. The smallest absolute Gasteiger partial charge is 0.269 e. The fourth-order valence-electron chi connectivity index (χ4n) is 4.86. The van der Waals surface area contributed by atoms with Gasteiger partial charge in [0.2, 0.25) is 5.91 Å². The van der Waals surface area contributed by atoms with Crippen molar-refractivity contribution in [2.75, 3.05) is 0 Å². The zero-order valence-corrected chi connectivity index (χ0v) is 15.1. The first-order valence-corrected chi connectivity index (χ1v) is 8.87. The van der Waals surface area contributed by atoms with Crippen LogP contribution in [0.1, 0.15) is 64.5 Å². The number of carbonyl (C=O) groups excluding carboxylic acids is 1. The van der Waals surface area contributed by atoms with E-state index in [1.807, 2.05) is 26.8 Å². The predicted octanol–water partition coefficient (Wildman–Crippen LogP) is 4.12. The van der Waals surface area contributed by atoms with E-state index in [0.29, 0.717) is 0 Å². The maximum absolute atomic E-state index is 12.1. The molecule has 2 N–H and O–H groups in total. The summed E-state index contributed by atoms with van der Waals surface area (Å²) in [5.74, 6) is -0.0851. The van der Waals surface area contributed by atoms with Gasteiger partial charge in [0.25, 0.3) is 5.69 Å². The van der Waals surface area contributed by atoms with Crippen LogP contribution < -0.4 is 5.73 Å². The van der Waals surface area contributed by atoms with Crippen molar-refractivity contribution in [2.45, 2.75) is 65.2 Å². The molecule has 0 heterocycles. The van der Waals surface area contributed by atoms with E-state index in [1.54, 1.807) is 12.1 Å². The molecule has 0 radical (unpaired) electrons. The average molecular weight is 332 g/mol. The second-order valence-electron chi connectivity index (χ2n) is 7.24. The number of primary amides is 1. The number of benzene rings is 1. The fraction of sp³-hybridized carbons (Fsp3) is 0.632. The van der Waals surface area contributed by atoms with Crippen LogP contribution in [0.4, 0.5) is 5.69 Å². The van der Waals surface area contributed by atoms with E-state index in [9.17, 15) is 14.9 Å². The molecule has 2 aliphatic carbocycles. The van der Waals surface area contributed by atoms with Gasteiger partial charge in [-0.3, -0.25) is 14.9 Å². The number of hydrogen-bond donors (Lipinski definition) is 1. The SMILES string of the molecule is CC.CC1(C(N)=O)CCCC2(C)c3cc([N+](=O)[O-])ccc3CCC12. The van der Waals surface area contributed by atoms with Crippen molar-refractivity contribution in [3.63, 3.8) is 0 Å². The van der Waals surface area contributed by atoms with Crippen molar-refractivity contribution >= 4 is 11.6 Å². The van der Waals surface area contributed by atoms with Crippen LogP contribution in [0.5, 0.6) is 0 Å². The molecule has 3 unspecified atom stereocenters. The highest BCUT2D eigenvalue weighted by molar-refractivity contribution is 5.81. The first-order chi connectivity index (χ1) is 11.3. The fourth-order valence-corrected chi connectivity index (χ4v) is 4.86. The Bertz CT molecular complexity index is 658. The number of hydrogen-bond acceptors (Lipinski definition) is 3. The largest absolute Gasteiger partial charge is 0.369 e. The van der Waals surface area contributed by atoms with Crippen LogP contribution in [0.15, 0.2) is 18.2 Å². The van der Waals surface area contributed by atoms with Crippen molar-refractivity contribution in [3.05, 3.63) is 39.4 Å². The van der Waals surface area contributed by atoms with E-state index in [1.165, 1.54) is 5.56 Å². The molecule has 3 rings (SSSR count). The number of rotatable bonds is 2. The number of carbonyl (C=O) groups is 1. The van der Waals surface area contributed by atoms with E-state index in [4.69, 9.17) is 5.73 Å². The first kappa shape index (κ1) is 18.4. The van der Waals surface area contributed by atoms with Crippen LogP contribution >= 0.6 is 0 Å². The lowest BCUT2D eigenvalue weighted by Gasteiger charge is -2.54. The summed E-state index contributed by atoms with van der Waals surface area (Å²) in [6.07, 6.45) is 4.47. The second kappa shape index (κ2) is 6.54. The number of amides is 1. The molecule has 0 spiro atoms. The monoisotopic (exact) mass is 332 g/mol. The molecular formula is C19H28N2O3. The maximum Gasteiger partial charge on any atom is 0.269 e. The molecule has 0 aromatic heterocycles. The Morgan fingerprint density at radius 1 is 1.29 bits per heavy atom. The van der Waals surface area contributed by atoms with Gasteiger partial charge in [-0.15, -0.1) is 0 Å². The van der Waals surface area contributed by atoms with Crippen LogP contribution in [0, 0.1) is 21.4 Å². The Kier molecular flexibility index (Phi) is 5.02. The third kappa shape index (κ3) is 2.70. The number of aryl methyl sites for hydroxylation is 1. The first-order valence-electron chi connectivity index (χ1n) is 8.87. The number of nitro benzene ring substituents is 1. The molecule has 1 fully saturated rings. The summed E-state index contributed by atoms with van der Waals surface area (Å²) in [6, 6.07) is 5.18. The molecule has 132 valence electrons. The minimum absolute atomic E-state index is 0.131. The van der Waals surface area contributed by atoms with Gasteiger partial charge in [-0.2, -0.15) is 0 Å². The lowest BCUT2D eigenvalue weighted by molar-refractivity contribution is -0.385. The molecule has 0 bridgehead atoms. The molecule has 24 heavy (non-hydrogen) atoms. The van der Waals surface area contributed by atoms with Crippen LogP contribution in [0.25, 0.3) is 0 Å². The Morgan fingerprint density at radius 3 is 2.54 bits per heavy atom. The summed E-state index contributed by atoms with van der Waals surface area (Å²) in [6.45, 7) is 8.12. The summed E-state index contributed by atoms with van der Waals surface area (Å²) < 4.78 is 0. The highest BCUT2D eigenvalue weighted by atomic mass is 16.6. The summed E-state index contributed by atoms with van der Waals surface area (Å²) in [7, 11) is 0. The van der Waals surface area contributed by atoms with E-state index in [2.05, 4.69) is 6.92 Å². The van der Waals surface area contributed by atoms with Crippen molar-refractivity contribution in [2.24, 2.45) is 17.1 Å². The van der Waals surface area contributed by atoms with Crippen LogP contribution in [-0.2, 0) is 16.6 Å². The van der Waals surface area contributed by atoms with Crippen molar-refractivity contribution in [1.29, 1.82) is 0 Å². The van der Waals surface area contributed by atoms with Gasteiger partial charge < -0.3 is 5.73 Å². The van der Waals surface area contributed by atoms with E-state index >= 15 is 0 Å². The normalized spacial score (nSPS) is 31.1. The van der Waals surface area contributed by atoms with Crippen LogP contribution in [0.2, 0.25) is 0 Å². The maximum atomic E-state index is 12.1. The van der Waals surface area contributed by atoms with Gasteiger partial charge in [0.05, 0.1) is 4.92 Å². The Labute approximate surface area is 143 Å². The highest BCUT2D eigenvalue weighted by Crippen LogP contribution is 2.57. The van der Waals surface area contributed by atoms with Gasteiger partial charge in [0.15, 0.2) is 0 Å². The molecule has 5 nitrogen and oxygen atoms in total. The molecule has 2 aliphatic rings. The third-order valence-electron chi connectivity index (χ3n) is 6.12. The molecule has 0 aliphatic heterocycles. The van der Waals surface area contributed by atoms with E-state index in [0.717, 1.165) is 37.7 Å². The molecular weight excluding hydrogens is 304 g/mol. The number of nitro groups is 1. The minimum atomic E-state index is -0.519.